The van der Waals surface area contributed by atoms with Crippen LogP contribution in [0.25, 0.3) is 0 Å². The van der Waals surface area contributed by atoms with E-state index < -0.39 is 0 Å². The molecule has 0 aromatic carbocycles. The highest BCUT2D eigenvalue weighted by Crippen LogP contribution is 2.24. The van der Waals surface area contributed by atoms with Crippen molar-refractivity contribution in [2.45, 2.75) is 45.1 Å². The lowest BCUT2D eigenvalue weighted by Gasteiger charge is -2.31. The van der Waals surface area contributed by atoms with Crippen LogP contribution in [0.2, 0.25) is 0 Å². The summed E-state index contributed by atoms with van der Waals surface area (Å²) in [7, 11) is 0. The average Bonchev–Trinajstić information content (AvgIpc) is 3.34. The topological polar surface area (TPSA) is 96.1 Å². The second-order valence-corrected chi connectivity index (χ2v) is 7.77. The Hall–Kier alpha value is -2.03. The van der Waals surface area contributed by atoms with E-state index in [1.165, 1.54) is 12.8 Å². The Labute approximate surface area is 164 Å². The predicted molar refractivity (Wildman–Crippen MR) is 109 cm³/mol. The summed E-state index contributed by atoms with van der Waals surface area (Å²) in [5.41, 5.74) is 7.11. The van der Waals surface area contributed by atoms with Crippen LogP contribution in [0.4, 0.5) is 9.93 Å². The summed E-state index contributed by atoms with van der Waals surface area (Å²) in [6.07, 6.45) is 4.80. The Morgan fingerprint density at radius 1 is 1.37 bits per heavy atom. The monoisotopic (exact) mass is 394 g/mol. The first-order valence-electron chi connectivity index (χ1n) is 9.83. The highest BCUT2D eigenvalue weighted by Gasteiger charge is 2.23. The van der Waals surface area contributed by atoms with Gasteiger partial charge in [-0.15, -0.1) is 11.3 Å². The summed E-state index contributed by atoms with van der Waals surface area (Å²) in [4.78, 5) is 25.0. The van der Waals surface area contributed by atoms with Crippen molar-refractivity contribution in [1.82, 2.24) is 15.2 Å². The van der Waals surface area contributed by atoms with Gasteiger partial charge < -0.3 is 25.6 Å². The van der Waals surface area contributed by atoms with Gasteiger partial charge in [0.2, 0.25) is 0 Å². The van der Waals surface area contributed by atoms with Crippen LogP contribution in [0.5, 0.6) is 0 Å². The van der Waals surface area contributed by atoms with Gasteiger partial charge in [-0.1, -0.05) is 0 Å². The Morgan fingerprint density at radius 3 is 2.81 bits per heavy atom. The van der Waals surface area contributed by atoms with Gasteiger partial charge in [0.1, 0.15) is 0 Å². The van der Waals surface area contributed by atoms with Crippen molar-refractivity contribution in [3.05, 3.63) is 11.1 Å². The van der Waals surface area contributed by atoms with Crippen molar-refractivity contribution in [3.8, 4) is 0 Å². The Morgan fingerprint density at radius 2 is 2.11 bits per heavy atom. The third kappa shape index (κ3) is 5.72. The highest BCUT2D eigenvalue weighted by molar-refractivity contribution is 7.13. The number of likely N-dealkylation sites (tertiary alicyclic amines) is 1. The molecule has 0 spiro atoms. The number of anilines is 1. The molecule has 2 fully saturated rings. The molecule has 1 aromatic heterocycles. The first-order chi connectivity index (χ1) is 13.2. The van der Waals surface area contributed by atoms with Gasteiger partial charge in [0.05, 0.1) is 12.3 Å². The van der Waals surface area contributed by atoms with Gasteiger partial charge in [0.15, 0.2) is 11.1 Å². The number of nitrogens with one attached hydrogen (secondary N) is 1. The zero-order valence-corrected chi connectivity index (χ0v) is 16.8. The number of guanidine groups is 1. The lowest BCUT2D eigenvalue weighted by Crippen LogP contribution is -2.48. The number of rotatable bonds is 6. The van der Waals surface area contributed by atoms with Crippen molar-refractivity contribution in [2.24, 2.45) is 10.7 Å². The fourth-order valence-electron chi connectivity index (χ4n) is 3.43. The van der Waals surface area contributed by atoms with E-state index >= 15 is 0 Å². The number of piperidine rings is 1. The molecule has 150 valence electrons. The van der Waals surface area contributed by atoms with E-state index in [0.29, 0.717) is 32.2 Å². The zero-order chi connectivity index (χ0) is 19.1. The van der Waals surface area contributed by atoms with Gasteiger partial charge in [-0.05, 0) is 32.6 Å². The zero-order valence-electron chi connectivity index (χ0n) is 16.0. The lowest BCUT2D eigenvalue weighted by atomic mass is 10.1. The number of nitrogens with zero attached hydrogens (tertiary/aromatic N) is 4. The fraction of sp³-hybridized carbons (Fsp3) is 0.722. The molecule has 1 aromatic rings. The van der Waals surface area contributed by atoms with Gasteiger partial charge in [-0.2, -0.15) is 0 Å². The first kappa shape index (κ1) is 19.7. The maximum absolute atomic E-state index is 11.7. The van der Waals surface area contributed by atoms with Crippen LogP contribution < -0.4 is 16.0 Å². The van der Waals surface area contributed by atoms with E-state index in [9.17, 15) is 4.79 Å². The molecular formula is C18H30N6O2S. The molecule has 0 saturated carbocycles. The number of thiazole rings is 1. The molecule has 8 nitrogen and oxygen atoms in total. The Bertz CT molecular complexity index is 636. The normalized spacial score (nSPS) is 18.8. The van der Waals surface area contributed by atoms with E-state index in [0.717, 1.165) is 43.2 Å². The molecule has 2 aliphatic heterocycles. The molecule has 3 N–H and O–H groups in total. The molecular weight excluding hydrogens is 364 g/mol. The van der Waals surface area contributed by atoms with Crippen LogP contribution in [-0.2, 0) is 11.2 Å². The third-order valence-corrected chi connectivity index (χ3v) is 5.89. The van der Waals surface area contributed by atoms with Gasteiger partial charge in [0.25, 0.3) is 0 Å². The molecule has 2 saturated heterocycles. The van der Waals surface area contributed by atoms with Crippen LogP contribution >= 0.6 is 11.3 Å². The number of nitrogens with two attached hydrogens (primary N) is 1. The largest absolute Gasteiger partial charge is 0.450 e. The number of amides is 1. The number of ether oxygens (including phenoxy) is 1. The van der Waals surface area contributed by atoms with Crippen molar-refractivity contribution in [3.63, 3.8) is 0 Å². The molecule has 2 aliphatic rings. The highest BCUT2D eigenvalue weighted by atomic mass is 32.1. The van der Waals surface area contributed by atoms with E-state index in [-0.39, 0.29) is 12.1 Å². The van der Waals surface area contributed by atoms with Crippen LogP contribution in [-0.4, -0.2) is 67.3 Å². The number of carbonyl (C=O) groups is 1. The summed E-state index contributed by atoms with van der Waals surface area (Å²) in [6, 6.07) is 0.250. The van der Waals surface area contributed by atoms with Gasteiger partial charge >= 0.3 is 6.09 Å². The van der Waals surface area contributed by atoms with Crippen molar-refractivity contribution in [2.75, 3.05) is 44.2 Å². The molecule has 3 heterocycles. The number of hydrogen-bond acceptors (Lipinski definition) is 6. The predicted octanol–water partition coefficient (Wildman–Crippen LogP) is 1.81. The minimum absolute atomic E-state index is 0.228. The Balaban J connectivity index is 1.37. The van der Waals surface area contributed by atoms with Crippen LogP contribution in [0, 0.1) is 0 Å². The summed E-state index contributed by atoms with van der Waals surface area (Å²) < 4.78 is 5.04. The number of aliphatic imine (C=N–C) groups is 1. The maximum Gasteiger partial charge on any atom is 0.409 e. The maximum atomic E-state index is 11.7. The van der Waals surface area contributed by atoms with Crippen LogP contribution in [0.3, 0.4) is 0 Å². The molecule has 0 unspecified atom stereocenters. The second kappa shape index (κ2) is 9.77. The second-order valence-electron chi connectivity index (χ2n) is 6.94. The average molecular weight is 395 g/mol. The molecule has 1 amide bonds. The molecule has 0 radical (unpaired) electrons. The van der Waals surface area contributed by atoms with E-state index in [2.05, 4.69) is 20.6 Å². The first-order valence-corrected chi connectivity index (χ1v) is 10.7. The van der Waals surface area contributed by atoms with Gasteiger partial charge in [-0.25, -0.2) is 9.78 Å². The van der Waals surface area contributed by atoms with Gasteiger partial charge in [-0.3, -0.25) is 4.99 Å². The van der Waals surface area contributed by atoms with E-state index in [4.69, 9.17) is 15.5 Å². The minimum Gasteiger partial charge on any atom is -0.450 e. The van der Waals surface area contributed by atoms with Crippen LogP contribution in [0.15, 0.2) is 10.4 Å². The number of carbonyl (C=O) groups excluding carboxylic acids is 1. The number of aromatic nitrogens is 1. The molecule has 0 bridgehead atoms. The van der Waals surface area contributed by atoms with E-state index in [1.54, 1.807) is 16.2 Å². The van der Waals surface area contributed by atoms with Crippen molar-refractivity contribution >= 4 is 28.5 Å². The summed E-state index contributed by atoms with van der Waals surface area (Å²) in [5.74, 6) is 0.472. The summed E-state index contributed by atoms with van der Waals surface area (Å²) >= 11 is 1.72. The van der Waals surface area contributed by atoms with Crippen molar-refractivity contribution in [1.29, 1.82) is 0 Å². The lowest BCUT2D eigenvalue weighted by molar-refractivity contribution is 0.0963. The SMILES string of the molecule is CCOC(=O)N1CCC(NC(N)=NCCc2csc(N3CCCC3)n2)CC1. The van der Waals surface area contributed by atoms with Crippen LogP contribution in [0.1, 0.15) is 38.3 Å². The smallest absolute Gasteiger partial charge is 0.409 e. The molecule has 3 rings (SSSR count). The van der Waals surface area contributed by atoms with E-state index in [1.807, 2.05) is 6.92 Å². The Kier molecular flexibility index (Phi) is 7.14. The molecule has 0 aliphatic carbocycles. The summed E-state index contributed by atoms with van der Waals surface area (Å²) in [5, 5.41) is 6.52. The molecule has 0 atom stereocenters. The number of hydrogen-bond donors (Lipinski definition) is 2. The third-order valence-electron chi connectivity index (χ3n) is 4.94. The quantitative estimate of drug-likeness (QED) is 0.564. The standard InChI is InChI=1S/C18H30N6O2S/c1-2-26-18(25)24-11-6-14(7-12-24)21-16(19)20-8-5-15-13-27-17(22-15)23-9-3-4-10-23/h13-14H,2-12H2,1H3,(H3,19,20,21). The molecule has 27 heavy (non-hydrogen) atoms. The minimum atomic E-state index is -0.228. The van der Waals surface area contributed by atoms with Gasteiger partial charge in [0, 0.05) is 50.6 Å². The molecule has 9 heteroatoms. The van der Waals surface area contributed by atoms with Crippen molar-refractivity contribution < 1.29 is 9.53 Å². The summed E-state index contributed by atoms with van der Waals surface area (Å²) in [6.45, 7) is 6.47. The fourth-order valence-corrected chi connectivity index (χ4v) is 4.35.